The molecular formula is C9H14BrN3O2. The van der Waals surface area contributed by atoms with Crippen molar-refractivity contribution in [3.05, 3.63) is 17.0 Å². The molecule has 0 amide bonds. The largest absolute Gasteiger partial charge is 0.391 e. The molecule has 0 saturated heterocycles. The first-order chi connectivity index (χ1) is 7.22. The van der Waals surface area contributed by atoms with E-state index in [1.54, 1.807) is 13.2 Å². The van der Waals surface area contributed by atoms with Gasteiger partial charge in [0, 0.05) is 19.7 Å². The van der Waals surface area contributed by atoms with Gasteiger partial charge in [-0.15, -0.1) is 0 Å². The minimum atomic E-state index is -0.437. The van der Waals surface area contributed by atoms with E-state index in [9.17, 15) is 5.11 Å². The van der Waals surface area contributed by atoms with E-state index in [4.69, 9.17) is 4.74 Å². The van der Waals surface area contributed by atoms with Crippen LogP contribution in [0.3, 0.4) is 0 Å². The first kappa shape index (κ1) is 12.4. The van der Waals surface area contributed by atoms with Gasteiger partial charge < -0.3 is 15.2 Å². The van der Waals surface area contributed by atoms with Crippen LogP contribution in [0.5, 0.6) is 0 Å². The molecule has 15 heavy (non-hydrogen) atoms. The third-order valence-electron chi connectivity index (χ3n) is 1.78. The molecular weight excluding hydrogens is 262 g/mol. The van der Waals surface area contributed by atoms with Crippen molar-refractivity contribution in [3.8, 4) is 0 Å². The Morgan fingerprint density at radius 3 is 3.07 bits per heavy atom. The van der Waals surface area contributed by atoms with Gasteiger partial charge in [-0.3, -0.25) is 0 Å². The number of rotatable bonds is 6. The molecule has 84 valence electrons. The first-order valence-corrected chi connectivity index (χ1v) is 5.40. The quantitative estimate of drug-likeness (QED) is 0.760. The Hall–Kier alpha value is -0.720. The van der Waals surface area contributed by atoms with Crippen molar-refractivity contribution in [2.24, 2.45) is 0 Å². The summed E-state index contributed by atoms with van der Waals surface area (Å²) >= 11 is 3.25. The predicted octanol–water partition coefficient (Wildman–Crippen LogP) is 1.05. The zero-order valence-electron chi connectivity index (χ0n) is 8.48. The summed E-state index contributed by atoms with van der Waals surface area (Å²) in [6, 6.07) is 1.78. The predicted molar refractivity (Wildman–Crippen MR) is 60.7 cm³/mol. The second kappa shape index (κ2) is 6.71. The van der Waals surface area contributed by atoms with Crippen molar-refractivity contribution >= 4 is 21.7 Å². The monoisotopic (exact) mass is 275 g/mol. The topological polar surface area (TPSA) is 67.3 Å². The third-order valence-corrected chi connectivity index (χ3v) is 2.21. The lowest BCUT2D eigenvalue weighted by Gasteiger charge is -2.10. The zero-order chi connectivity index (χ0) is 11.1. The summed E-state index contributed by atoms with van der Waals surface area (Å²) in [5.74, 6) is 0.737. The molecule has 1 heterocycles. The molecule has 1 aromatic heterocycles. The number of halogens is 1. The Balaban J connectivity index is 2.25. The van der Waals surface area contributed by atoms with Crippen LogP contribution < -0.4 is 5.32 Å². The molecule has 0 bridgehead atoms. The van der Waals surface area contributed by atoms with Crippen LogP contribution in [0.15, 0.2) is 17.0 Å². The normalized spacial score (nSPS) is 12.5. The smallest absolute Gasteiger partial charge is 0.130 e. The zero-order valence-corrected chi connectivity index (χ0v) is 10.1. The fourth-order valence-corrected chi connectivity index (χ4v) is 1.38. The van der Waals surface area contributed by atoms with Gasteiger partial charge in [-0.25, -0.2) is 9.97 Å². The molecule has 0 aliphatic carbocycles. The van der Waals surface area contributed by atoms with Gasteiger partial charge in [0.1, 0.15) is 16.7 Å². The van der Waals surface area contributed by atoms with Crippen molar-refractivity contribution in [2.75, 3.05) is 25.6 Å². The van der Waals surface area contributed by atoms with E-state index in [-0.39, 0.29) is 0 Å². The molecule has 1 atom stereocenters. The molecule has 5 nitrogen and oxygen atoms in total. The number of aliphatic hydroxyl groups excluding tert-OH is 1. The minimum absolute atomic E-state index is 0.356. The number of ether oxygens (including phenoxy) is 1. The molecule has 0 aromatic carbocycles. The van der Waals surface area contributed by atoms with E-state index in [0.717, 1.165) is 10.4 Å². The summed E-state index contributed by atoms with van der Waals surface area (Å²) < 4.78 is 5.55. The molecule has 2 N–H and O–H groups in total. The Morgan fingerprint density at radius 2 is 2.40 bits per heavy atom. The van der Waals surface area contributed by atoms with Crippen molar-refractivity contribution in [1.82, 2.24) is 9.97 Å². The van der Waals surface area contributed by atoms with Crippen LogP contribution in [-0.4, -0.2) is 41.4 Å². The maximum atomic E-state index is 9.37. The third kappa shape index (κ3) is 5.06. The van der Waals surface area contributed by atoms with Gasteiger partial charge in [0.05, 0.1) is 12.7 Å². The van der Waals surface area contributed by atoms with Crippen LogP contribution in [0.2, 0.25) is 0 Å². The van der Waals surface area contributed by atoms with E-state index in [2.05, 4.69) is 31.2 Å². The lowest BCUT2D eigenvalue weighted by molar-refractivity contribution is 0.0615. The number of aliphatic hydroxyl groups is 1. The number of hydrogen-bond acceptors (Lipinski definition) is 5. The maximum Gasteiger partial charge on any atom is 0.130 e. The molecule has 0 spiro atoms. The number of anilines is 1. The van der Waals surface area contributed by atoms with Crippen LogP contribution in [0.1, 0.15) is 6.42 Å². The molecule has 1 rings (SSSR count). The van der Waals surface area contributed by atoms with Crippen molar-refractivity contribution in [3.63, 3.8) is 0 Å². The SMILES string of the molecule is COCC(O)CCNc1cc(Br)ncn1. The van der Waals surface area contributed by atoms with E-state index >= 15 is 0 Å². The fourth-order valence-electron chi connectivity index (χ4n) is 1.07. The minimum Gasteiger partial charge on any atom is -0.391 e. The molecule has 0 radical (unpaired) electrons. The van der Waals surface area contributed by atoms with E-state index < -0.39 is 6.10 Å². The highest BCUT2D eigenvalue weighted by Crippen LogP contribution is 2.09. The summed E-state index contributed by atoms with van der Waals surface area (Å²) in [7, 11) is 1.57. The van der Waals surface area contributed by atoms with E-state index in [1.165, 1.54) is 6.33 Å². The summed E-state index contributed by atoms with van der Waals surface area (Å²) in [4.78, 5) is 7.93. The number of aromatic nitrogens is 2. The maximum absolute atomic E-state index is 9.37. The standard InChI is InChI=1S/C9H14BrN3O2/c1-15-5-7(14)2-3-11-9-4-8(10)12-6-13-9/h4,6-7,14H,2-3,5H2,1H3,(H,11,12,13). The molecule has 1 aromatic rings. The van der Waals surface area contributed by atoms with Gasteiger partial charge in [-0.2, -0.15) is 0 Å². The second-order valence-electron chi connectivity index (χ2n) is 3.05. The van der Waals surface area contributed by atoms with Crippen molar-refractivity contribution in [2.45, 2.75) is 12.5 Å². The van der Waals surface area contributed by atoms with Gasteiger partial charge in [-0.1, -0.05) is 0 Å². The van der Waals surface area contributed by atoms with Gasteiger partial charge in [0.15, 0.2) is 0 Å². The van der Waals surface area contributed by atoms with Gasteiger partial charge >= 0.3 is 0 Å². The highest BCUT2D eigenvalue weighted by atomic mass is 79.9. The van der Waals surface area contributed by atoms with Gasteiger partial charge in [0.25, 0.3) is 0 Å². The Labute approximate surface area is 97.0 Å². The average Bonchev–Trinajstić information content (AvgIpc) is 2.18. The van der Waals surface area contributed by atoms with Crippen LogP contribution in [0.4, 0.5) is 5.82 Å². The summed E-state index contributed by atoms with van der Waals surface area (Å²) in [5.41, 5.74) is 0. The molecule has 0 aliphatic rings. The first-order valence-electron chi connectivity index (χ1n) is 4.61. The van der Waals surface area contributed by atoms with E-state index in [0.29, 0.717) is 19.6 Å². The van der Waals surface area contributed by atoms with Crippen molar-refractivity contribution < 1.29 is 9.84 Å². The summed E-state index contributed by atoms with van der Waals surface area (Å²) in [6.45, 7) is 1.00. The van der Waals surface area contributed by atoms with Crippen molar-refractivity contribution in [1.29, 1.82) is 0 Å². The highest BCUT2D eigenvalue weighted by molar-refractivity contribution is 9.10. The summed E-state index contributed by atoms with van der Waals surface area (Å²) in [5, 5.41) is 12.5. The van der Waals surface area contributed by atoms with E-state index in [1.807, 2.05) is 0 Å². The van der Waals surface area contributed by atoms with Gasteiger partial charge in [0.2, 0.25) is 0 Å². The molecule has 1 unspecified atom stereocenters. The molecule has 0 saturated carbocycles. The fraction of sp³-hybridized carbons (Fsp3) is 0.556. The summed E-state index contributed by atoms with van der Waals surface area (Å²) in [6.07, 6.45) is 1.65. The Morgan fingerprint density at radius 1 is 1.60 bits per heavy atom. The Kier molecular flexibility index (Phi) is 5.52. The highest BCUT2D eigenvalue weighted by Gasteiger charge is 2.02. The molecule has 0 aliphatic heterocycles. The molecule has 0 fully saturated rings. The lowest BCUT2D eigenvalue weighted by atomic mass is 10.2. The average molecular weight is 276 g/mol. The van der Waals surface area contributed by atoms with Crippen LogP contribution in [-0.2, 0) is 4.74 Å². The number of methoxy groups -OCH3 is 1. The van der Waals surface area contributed by atoms with Crippen LogP contribution >= 0.6 is 15.9 Å². The molecule has 6 heteroatoms. The second-order valence-corrected chi connectivity index (χ2v) is 3.86. The lowest BCUT2D eigenvalue weighted by Crippen LogP contribution is -2.18. The van der Waals surface area contributed by atoms with Crippen LogP contribution in [0.25, 0.3) is 0 Å². The number of nitrogens with one attached hydrogen (secondary N) is 1. The number of hydrogen-bond donors (Lipinski definition) is 2. The van der Waals surface area contributed by atoms with Crippen LogP contribution in [0, 0.1) is 0 Å². The Bertz CT molecular complexity index is 298. The number of nitrogens with zero attached hydrogens (tertiary/aromatic N) is 2. The van der Waals surface area contributed by atoms with Gasteiger partial charge in [-0.05, 0) is 22.4 Å².